The molecule has 0 aromatic heterocycles. The fraction of sp³-hybridized carbons (Fsp3) is 0.800. The summed E-state index contributed by atoms with van der Waals surface area (Å²) in [6.07, 6.45) is 10.5. The van der Waals surface area contributed by atoms with Gasteiger partial charge in [0, 0.05) is 12.5 Å². The van der Waals surface area contributed by atoms with Crippen molar-refractivity contribution in [3.05, 3.63) is 11.6 Å². The molecule has 0 radical (unpaired) electrons. The molecule has 1 saturated carbocycles. The summed E-state index contributed by atoms with van der Waals surface area (Å²) in [6.45, 7) is 3.14. The van der Waals surface area contributed by atoms with Gasteiger partial charge in [-0.05, 0) is 45.4 Å². The summed E-state index contributed by atoms with van der Waals surface area (Å²) in [5.74, 6) is 0.668. The predicted octanol–water partition coefficient (Wildman–Crippen LogP) is 3.42. The predicted molar refractivity (Wildman–Crippen MR) is 73.1 cm³/mol. The van der Waals surface area contributed by atoms with Crippen LogP contribution in [0.15, 0.2) is 11.6 Å². The van der Waals surface area contributed by atoms with Crippen molar-refractivity contribution >= 4 is 5.78 Å². The van der Waals surface area contributed by atoms with Crippen molar-refractivity contribution in [2.75, 3.05) is 20.6 Å². The van der Waals surface area contributed by atoms with E-state index in [1.54, 1.807) is 0 Å². The number of allylic oxidation sites excluding steroid dienone is 2. The summed E-state index contributed by atoms with van der Waals surface area (Å²) < 4.78 is 0. The summed E-state index contributed by atoms with van der Waals surface area (Å²) in [5, 5.41) is 0. The molecule has 2 nitrogen and oxygen atoms in total. The zero-order chi connectivity index (χ0) is 12.7. The van der Waals surface area contributed by atoms with Crippen LogP contribution in [0.5, 0.6) is 0 Å². The van der Waals surface area contributed by atoms with Crippen LogP contribution in [0.25, 0.3) is 0 Å². The fourth-order valence-corrected chi connectivity index (χ4v) is 2.51. The van der Waals surface area contributed by atoms with Gasteiger partial charge < -0.3 is 4.90 Å². The Morgan fingerprint density at radius 1 is 1.29 bits per heavy atom. The Hall–Kier alpha value is -0.630. The molecular formula is C15H27NO. The van der Waals surface area contributed by atoms with Gasteiger partial charge in [0.1, 0.15) is 0 Å². The number of carbonyl (C=O) groups is 1. The van der Waals surface area contributed by atoms with E-state index in [1.807, 2.05) is 14.1 Å². The summed E-state index contributed by atoms with van der Waals surface area (Å²) >= 11 is 0. The highest BCUT2D eigenvalue weighted by molar-refractivity contribution is 5.99. The Balaban J connectivity index is 2.31. The van der Waals surface area contributed by atoms with Gasteiger partial charge in [0.25, 0.3) is 0 Å². The molecule has 0 spiro atoms. The molecule has 1 fully saturated rings. The number of unbranched alkanes of at least 4 members (excludes halogenated alkanes) is 4. The van der Waals surface area contributed by atoms with E-state index in [-0.39, 0.29) is 5.92 Å². The monoisotopic (exact) mass is 237 g/mol. The molecule has 2 heteroatoms. The van der Waals surface area contributed by atoms with E-state index in [0.717, 1.165) is 31.4 Å². The molecule has 0 saturated heterocycles. The molecule has 0 amide bonds. The first-order chi connectivity index (χ1) is 8.15. The van der Waals surface area contributed by atoms with Crippen LogP contribution in [-0.2, 0) is 4.79 Å². The molecule has 1 rings (SSSR count). The van der Waals surface area contributed by atoms with E-state index in [9.17, 15) is 4.79 Å². The number of carbonyl (C=O) groups excluding carboxylic acids is 1. The Bertz CT molecular complexity index is 268. The van der Waals surface area contributed by atoms with Crippen LogP contribution in [0.2, 0.25) is 0 Å². The van der Waals surface area contributed by atoms with Gasteiger partial charge in [-0.1, -0.05) is 32.3 Å². The fourth-order valence-electron chi connectivity index (χ4n) is 2.51. The first-order valence-electron chi connectivity index (χ1n) is 7.03. The maximum Gasteiger partial charge on any atom is 0.162 e. The minimum Gasteiger partial charge on any atom is -0.309 e. The van der Waals surface area contributed by atoms with Crippen molar-refractivity contribution in [1.82, 2.24) is 4.90 Å². The molecule has 1 aliphatic rings. The molecule has 0 bridgehead atoms. The largest absolute Gasteiger partial charge is 0.309 e. The molecule has 0 N–H and O–H groups in total. The third-order valence-corrected chi connectivity index (χ3v) is 3.48. The standard InChI is InChI=1S/C15H27NO/c1-4-5-6-7-8-9-13-10-11-14(15(13)17)12-16(2)3/h9,14H,4-8,10-12H2,1-3H3/b13-9-. The topological polar surface area (TPSA) is 20.3 Å². The number of hydrogen-bond acceptors (Lipinski definition) is 2. The van der Waals surface area contributed by atoms with Gasteiger partial charge in [-0.15, -0.1) is 0 Å². The molecule has 1 atom stereocenters. The zero-order valence-electron chi connectivity index (χ0n) is 11.7. The highest BCUT2D eigenvalue weighted by atomic mass is 16.1. The summed E-state index contributed by atoms with van der Waals surface area (Å²) in [5.41, 5.74) is 1.10. The lowest BCUT2D eigenvalue weighted by atomic mass is 10.0. The second-order valence-corrected chi connectivity index (χ2v) is 5.44. The number of ketones is 1. The first-order valence-corrected chi connectivity index (χ1v) is 7.03. The van der Waals surface area contributed by atoms with Crippen LogP contribution in [0.3, 0.4) is 0 Å². The minimum absolute atomic E-state index is 0.256. The maximum absolute atomic E-state index is 12.1. The molecule has 0 aromatic carbocycles. The first kappa shape index (κ1) is 14.4. The highest BCUT2D eigenvalue weighted by Gasteiger charge is 2.28. The summed E-state index contributed by atoms with van der Waals surface area (Å²) in [7, 11) is 4.08. The van der Waals surface area contributed by atoms with Crippen LogP contribution in [-0.4, -0.2) is 31.3 Å². The van der Waals surface area contributed by atoms with E-state index in [2.05, 4.69) is 17.9 Å². The van der Waals surface area contributed by atoms with E-state index >= 15 is 0 Å². The third-order valence-electron chi connectivity index (χ3n) is 3.48. The lowest BCUT2D eigenvalue weighted by Crippen LogP contribution is -2.24. The van der Waals surface area contributed by atoms with Crippen LogP contribution >= 0.6 is 0 Å². The van der Waals surface area contributed by atoms with Crippen molar-refractivity contribution in [1.29, 1.82) is 0 Å². The minimum atomic E-state index is 0.256. The molecule has 1 aliphatic carbocycles. The van der Waals surface area contributed by atoms with Gasteiger partial charge >= 0.3 is 0 Å². The number of Topliss-reactive ketones (excluding diaryl/α,β-unsaturated/α-hetero) is 1. The van der Waals surface area contributed by atoms with Crippen LogP contribution in [0.1, 0.15) is 51.9 Å². The number of rotatable bonds is 7. The Labute approximate surface area is 106 Å². The normalized spacial score (nSPS) is 22.9. The Morgan fingerprint density at radius 3 is 2.71 bits per heavy atom. The van der Waals surface area contributed by atoms with Crippen LogP contribution < -0.4 is 0 Å². The van der Waals surface area contributed by atoms with E-state index in [4.69, 9.17) is 0 Å². The number of nitrogens with zero attached hydrogens (tertiary/aromatic N) is 1. The van der Waals surface area contributed by atoms with Crippen molar-refractivity contribution in [2.24, 2.45) is 5.92 Å². The molecule has 17 heavy (non-hydrogen) atoms. The van der Waals surface area contributed by atoms with E-state index in [0.29, 0.717) is 5.78 Å². The SMILES string of the molecule is CCCCCC/C=C1/CCC(CN(C)C)C1=O. The second-order valence-electron chi connectivity index (χ2n) is 5.44. The van der Waals surface area contributed by atoms with Gasteiger partial charge in [-0.3, -0.25) is 4.79 Å². The van der Waals surface area contributed by atoms with E-state index in [1.165, 1.54) is 25.7 Å². The average molecular weight is 237 g/mol. The average Bonchev–Trinajstić information content (AvgIpc) is 2.60. The van der Waals surface area contributed by atoms with E-state index < -0.39 is 0 Å². The Morgan fingerprint density at radius 2 is 2.06 bits per heavy atom. The number of hydrogen-bond donors (Lipinski definition) is 0. The molecule has 0 heterocycles. The van der Waals surface area contributed by atoms with Crippen molar-refractivity contribution in [2.45, 2.75) is 51.9 Å². The lowest BCUT2D eigenvalue weighted by molar-refractivity contribution is -0.118. The third kappa shape index (κ3) is 5.03. The van der Waals surface area contributed by atoms with Gasteiger partial charge in [0.2, 0.25) is 0 Å². The van der Waals surface area contributed by atoms with Crippen LogP contribution in [0, 0.1) is 5.92 Å². The Kier molecular flexibility index (Phi) is 6.49. The summed E-state index contributed by atoms with van der Waals surface area (Å²) in [6, 6.07) is 0. The molecule has 0 aromatic rings. The zero-order valence-corrected chi connectivity index (χ0v) is 11.7. The second kappa shape index (κ2) is 7.65. The maximum atomic E-state index is 12.1. The smallest absolute Gasteiger partial charge is 0.162 e. The molecular weight excluding hydrogens is 210 g/mol. The van der Waals surface area contributed by atoms with Gasteiger partial charge in [0.15, 0.2) is 5.78 Å². The van der Waals surface area contributed by atoms with Gasteiger partial charge in [-0.25, -0.2) is 0 Å². The quantitative estimate of drug-likeness (QED) is 0.499. The highest BCUT2D eigenvalue weighted by Crippen LogP contribution is 2.27. The van der Waals surface area contributed by atoms with Crippen molar-refractivity contribution in [3.8, 4) is 0 Å². The van der Waals surface area contributed by atoms with Gasteiger partial charge in [-0.2, -0.15) is 0 Å². The van der Waals surface area contributed by atoms with Gasteiger partial charge in [0.05, 0.1) is 0 Å². The summed E-state index contributed by atoms with van der Waals surface area (Å²) in [4.78, 5) is 14.2. The van der Waals surface area contributed by atoms with Crippen LogP contribution in [0.4, 0.5) is 0 Å². The molecule has 98 valence electrons. The van der Waals surface area contributed by atoms with Crippen molar-refractivity contribution in [3.63, 3.8) is 0 Å². The lowest BCUT2D eigenvalue weighted by Gasteiger charge is -2.13. The molecule has 0 aliphatic heterocycles. The molecule has 1 unspecified atom stereocenters. The van der Waals surface area contributed by atoms with Crippen molar-refractivity contribution < 1.29 is 4.79 Å².